The van der Waals surface area contributed by atoms with Crippen LogP contribution in [0.2, 0.25) is 0 Å². The summed E-state index contributed by atoms with van der Waals surface area (Å²) in [7, 11) is 1.62. The maximum Gasteiger partial charge on any atom is 0.309 e. The lowest BCUT2D eigenvalue weighted by atomic mass is 9.89. The van der Waals surface area contributed by atoms with Crippen LogP contribution >= 0.6 is 0 Å². The first-order valence-corrected chi connectivity index (χ1v) is 6.42. The lowest BCUT2D eigenvalue weighted by molar-refractivity contribution is -0.149. The monoisotopic (exact) mass is 279 g/mol. The number of aliphatic carboxylic acids is 1. The molecular weight excluding hydrogens is 258 g/mol. The molecule has 1 rings (SSSR count). The van der Waals surface area contributed by atoms with Gasteiger partial charge in [-0.15, -0.1) is 0 Å². The lowest BCUT2D eigenvalue weighted by Gasteiger charge is -2.18. The van der Waals surface area contributed by atoms with Crippen LogP contribution < -0.4 is 5.32 Å². The molecule has 20 heavy (non-hydrogen) atoms. The van der Waals surface area contributed by atoms with E-state index in [1.165, 1.54) is 13.8 Å². The van der Waals surface area contributed by atoms with E-state index in [4.69, 9.17) is 9.84 Å². The molecule has 0 aliphatic carbocycles. The summed E-state index contributed by atoms with van der Waals surface area (Å²) in [5.74, 6) is -1.25. The van der Waals surface area contributed by atoms with Crippen molar-refractivity contribution in [2.75, 3.05) is 7.11 Å². The van der Waals surface area contributed by atoms with Gasteiger partial charge < -0.3 is 15.2 Å². The van der Waals surface area contributed by atoms with Crippen molar-refractivity contribution in [3.05, 3.63) is 35.4 Å². The van der Waals surface area contributed by atoms with E-state index in [1.54, 1.807) is 7.11 Å². The number of methoxy groups -OCH3 is 1. The Bertz CT molecular complexity index is 483. The molecule has 0 saturated heterocycles. The number of carbonyl (C=O) groups is 2. The first-order valence-electron chi connectivity index (χ1n) is 6.42. The molecule has 2 N–H and O–H groups in total. The molecule has 5 heteroatoms. The van der Waals surface area contributed by atoms with Gasteiger partial charge in [0.1, 0.15) is 0 Å². The highest BCUT2D eigenvalue weighted by Crippen LogP contribution is 2.20. The number of benzene rings is 1. The molecule has 0 radical (unpaired) electrons. The van der Waals surface area contributed by atoms with E-state index in [0.717, 1.165) is 11.1 Å². The van der Waals surface area contributed by atoms with Gasteiger partial charge in [-0.3, -0.25) is 9.59 Å². The average Bonchev–Trinajstić information content (AvgIpc) is 2.37. The number of ether oxygens (including phenoxy) is 1. The molecule has 0 aliphatic rings. The van der Waals surface area contributed by atoms with E-state index in [-0.39, 0.29) is 12.3 Å². The SMILES string of the molecule is COCc1ccccc1CNC(=O)CC(C)(C)C(=O)O. The number of rotatable bonds is 7. The third-order valence-electron chi connectivity index (χ3n) is 3.08. The third kappa shape index (κ3) is 4.66. The Morgan fingerprint density at radius 2 is 1.85 bits per heavy atom. The Kier molecular flexibility index (Phi) is 5.70. The van der Waals surface area contributed by atoms with Crippen molar-refractivity contribution in [2.45, 2.75) is 33.4 Å². The second-order valence-corrected chi connectivity index (χ2v) is 5.34. The van der Waals surface area contributed by atoms with Gasteiger partial charge in [0.2, 0.25) is 5.91 Å². The van der Waals surface area contributed by atoms with E-state index in [1.807, 2.05) is 24.3 Å². The van der Waals surface area contributed by atoms with Crippen LogP contribution in [0, 0.1) is 5.41 Å². The highest BCUT2D eigenvalue weighted by atomic mass is 16.5. The minimum atomic E-state index is -1.06. The summed E-state index contributed by atoms with van der Waals surface area (Å²) in [6, 6.07) is 7.65. The molecule has 1 aromatic rings. The van der Waals surface area contributed by atoms with Gasteiger partial charge in [0.25, 0.3) is 0 Å². The van der Waals surface area contributed by atoms with Crippen molar-refractivity contribution in [1.29, 1.82) is 0 Å². The van der Waals surface area contributed by atoms with Crippen LogP contribution in [0.3, 0.4) is 0 Å². The van der Waals surface area contributed by atoms with Crippen LogP contribution in [0.15, 0.2) is 24.3 Å². The van der Waals surface area contributed by atoms with E-state index in [9.17, 15) is 9.59 Å². The standard InChI is InChI=1S/C15H21NO4/c1-15(2,14(18)19)8-13(17)16-9-11-6-4-5-7-12(11)10-20-3/h4-7H,8-10H2,1-3H3,(H,16,17)(H,18,19). The Morgan fingerprint density at radius 1 is 1.25 bits per heavy atom. The summed E-state index contributed by atoms with van der Waals surface area (Å²) in [4.78, 5) is 22.8. The highest BCUT2D eigenvalue weighted by molar-refractivity contribution is 5.84. The molecule has 0 bridgehead atoms. The molecule has 0 aliphatic heterocycles. The number of carbonyl (C=O) groups excluding carboxylic acids is 1. The Morgan fingerprint density at radius 3 is 2.40 bits per heavy atom. The maximum atomic E-state index is 11.8. The Hall–Kier alpha value is -1.88. The molecular formula is C15H21NO4. The number of hydrogen-bond acceptors (Lipinski definition) is 3. The normalized spacial score (nSPS) is 11.2. The number of carboxylic acids is 1. The van der Waals surface area contributed by atoms with Crippen molar-refractivity contribution in [3.8, 4) is 0 Å². The highest BCUT2D eigenvalue weighted by Gasteiger charge is 2.29. The smallest absolute Gasteiger partial charge is 0.309 e. The Balaban J connectivity index is 2.59. The summed E-state index contributed by atoms with van der Waals surface area (Å²) in [5.41, 5.74) is 0.916. The van der Waals surface area contributed by atoms with Gasteiger partial charge in [0, 0.05) is 20.1 Å². The van der Waals surface area contributed by atoms with Crippen LogP contribution in [0.5, 0.6) is 0 Å². The van der Waals surface area contributed by atoms with Crippen LogP contribution in [0.4, 0.5) is 0 Å². The predicted octanol–water partition coefficient (Wildman–Crippen LogP) is 1.95. The minimum Gasteiger partial charge on any atom is -0.481 e. The molecule has 1 aromatic carbocycles. The zero-order valence-corrected chi connectivity index (χ0v) is 12.1. The van der Waals surface area contributed by atoms with Crippen LogP contribution in [-0.4, -0.2) is 24.1 Å². The van der Waals surface area contributed by atoms with E-state index in [0.29, 0.717) is 13.2 Å². The Labute approximate surface area is 118 Å². The van der Waals surface area contributed by atoms with Crippen molar-refractivity contribution in [2.24, 2.45) is 5.41 Å². The van der Waals surface area contributed by atoms with E-state index >= 15 is 0 Å². The van der Waals surface area contributed by atoms with Crippen molar-refractivity contribution in [3.63, 3.8) is 0 Å². The molecule has 0 fully saturated rings. The summed E-state index contributed by atoms with van der Waals surface area (Å²) in [5, 5.41) is 11.7. The van der Waals surface area contributed by atoms with Gasteiger partial charge in [0.05, 0.1) is 12.0 Å². The molecule has 110 valence electrons. The molecule has 0 aromatic heterocycles. The fourth-order valence-electron chi connectivity index (χ4n) is 1.76. The van der Waals surface area contributed by atoms with Gasteiger partial charge in [-0.25, -0.2) is 0 Å². The molecule has 0 spiro atoms. The zero-order valence-electron chi connectivity index (χ0n) is 12.1. The van der Waals surface area contributed by atoms with Gasteiger partial charge in [0.15, 0.2) is 0 Å². The van der Waals surface area contributed by atoms with Gasteiger partial charge in [-0.1, -0.05) is 24.3 Å². The maximum absolute atomic E-state index is 11.8. The van der Waals surface area contributed by atoms with E-state index in [2.05, 4.69) is 5.32 Å². The second kappa shape index (κ2) is 7.05. The number of amides is 1. The minimum absolute atomic E-state index is 0.0468. The fourth-order valence-corrected chi connectivity index (χ4v) is 1.76. The van der Waals surface area contributed by atoms with E-state index < -0.39 is 11.4 Å². The number of carboxylic acid groups (broad SMARTS) is 1. The molecule has 0 atom stereocenters. The molecule has 0 heterocycles. The summed E-state index contributed by atoms with van der Waals surface area (Å²) in [6.45, 7) is 3.92. The molecule has 1 amide bonds. The quantitative estimate of drug-likeness (QED) is 0.800. The summed E-state index contributed by atoms with van der Waals surface area (Å²) < 4.78 is 5.10. The van der Waals surface area contributed by atoms with Crippen molar-refractivity contribution in [1.82, 2.24) is 5.32 Å². The topological polar surface area (TPSA) is 75.6 Å². The lowest BCUT2D eigenvalue weighted by Crippen LogP contribution is -2.33. The number of nitrogens with one attached hydrogen (secondary N) is 1. The van der Waals surface area contributed by atoms with Crippen LogP contribution in [0.25, 0.3) is 0 Å². The fraction of sp³-hybridized carbons (Fsp3) is 0.467. The largest absolute Gasteiger partial charge is 0.481 e. The summed E-state index contributed by atoms with van der Waals surface area (Å²) >= 11 is 0. The van der Waals surface area contributed by atoms with Gasteiger partial charge >= 0.3 is 5.97 Å². The predicted molar refractivity (Wildman–Crippen MR) is 75.0 cm³/mol. The van der Waals surface area contributed by atoms with Gasteiger partial charge in [-0.2, -0.15) is 0 Å². The van der Waals surface area contributed by atoms with Crippen LogP contribution in [-0.2, 0) is 27.5 Å². The van der Waals surface area contributed by atoms with Crippen molar-refractivity contribution >= 4 is 11.9 Å². The molecule has 0 unspecified atom stereocenters. The van der Waals surface area contributed by atoms with Crippen LogP contribution in [0.1, 0.15) is 31.4 Å². The molecule has 0 saturated carbocycles. The van der Waals surface area contributed by atoms with Crippen molar-refractivity contribution < 1.29 is 19.4 Å². The van der Waals surface area contributed by atoms with Gasteiger partial charge in [-0.05, 0) is 25.0 Å². The first-order chi connectivity index (χ1) is 9.36. The molecule has 5 nitrogen and oxygen atoms in total. The zero-order chi connectivity index (χ0) is 15.2. The number of hydrogen-bond donors (Lipinski definition) is 2. The first kappa shape index (κ1) is 16.2. The second-order valence-electron chi connectivity index (χ2n) is 5.34. The average molecular weight is 279 g/mol. The third-order valence-corrected chi connectivity index (χ3v) is 3.08. The summed E-state index contributed by atoms with van der Waals surface area (Å²) in [6.07, 6.45) is -0.0468.